The Labute approximate surface area is 117 Å². The van der Waals surface area contributed by atoms with Gasteiger partial charge in [0.2, 0.25) is 0 Å². The van der Waals surface area contributed by atoms with Crippen molar-refractivity contribution in [1.82, 2.24) is 9.88 Å². The highest BCUT2D eigenvalue weighted by Crippen LogP contribution is 2.25. The van der Waals surface area contributed by atoms with Crippen molar-refractivity contribution < 1.29 is 0 Å². The summed E-state index contributed by atoms with van der Waals surface area (Å²) in [6, 6.07) is 4.18. The van der Waals surface area contributed by atoms with Crippen LogP contribution in [-0.4, -0.2) is 23.0 Å². The smallest absolute Gasteiger partial charge is 0.0584 e. The summed E-state index contributed by atoms with van der Waals surface area (Å²) in [6.45, 7) is 8.68. The van der Waals surface area contributed by atoms with Crippen LogP contribution in [-0.2, 0) is 13.1 Å². The van der Waals surface area contributed by atoms with E-state index >= 15 is 0 Å². The molecule has 0 radical (unpaired) electrons. The molecule has 1 aromatic heterocycles. The number of hydrogen-bond acceptors (Lipinski definition) is 3. The van der Waals surface area contributed by atoms with E-state index < -0.39 is 0 Å². The minimum Gasteiger partial charge on any atom is -0.325 e. The first-order chi connectivity index (χ1) is 9.20. The lowest BCUT2D eigenvalue weighted by Gasteiger charge is -2.22. The van der Waals surface area contributed by atoms with E-state index in [1.54, 1.807) is 0 Å². The van der Waals surface area contributed by atoms with Crippen LogP contribution in [0.4, 0.5) is 0 Å². The molecule has 2 rings (SSSR count). The van der Waals surface area contributed by atoms with Gasteiger partial charge in [0, 0.05) is 19.3 Å². The lowest BCUT2D eigenvalue weighted by molar-refractivity contribution is 0.264. The fourth-order valence-electron chi connectivity index (χ4n) is 3.05. The van der Waals surface area contributed by atoms with Gasteiger partial charge >= 0.3 is 0 Å². The second-order valence-electron chi connectivity index (χ2n) is 6.02. The number of rotatable bonds is 4. The molecule has 0 amide bonds. The van der Waals surface area contributed by atoms with Crippen LogP contribution in [0.25, 0.3) is 0 Å². The molecular formula is C16H27N3. The summed E-state index contributed by atoms with van der Waals surface area (Å²) in [5.41, 5.74) is 8.11. The fourth-order valence-corrected chi connectivity index (χ4v) is 3.05. The van der Waals surface area contributed by atoms with Crippen LogP contribution in [0.2, 0.25) is 0 Å². The zero-order chi connectivity index (χ0) is 13.7. The van der Waals surface area contributed by atoms with E-state index in [9.17, 15) is 0 Å². The van der Waals surface area contributed by atoms with Crippen molar-refractivity contribution in [3.8, 4) is 0 Å². The quantitative estimate of drug-likeness (QED) is 0.906. The third-order valence-corrected chi connectivity index (χ3v) is 4.38. The van der Waals surface area contributed by atoms with Crippen LogP contribution in [0.1, 0.15) is 44.4 Å². The minimum absolute atomic E-state index is 0.540. The Bertz CT molecular complexity index is 389. The molecule has 19 heavy (non-hydrogen) atoms. The summed E-state index contributed by atoms with van der Waals surface area (Å²) in [4.78, 5) is 6.95. The Morgan fingerprint density at radius 2 is 2.21 bits per heavy atom. The molecule has 2 N–H and O–H groups in total. The predicted octanol–water partition coefficient (Wildman–Crippen LogP) is 2.80. The van der Waals surface area contributed by atoms with E-state index in [4.69, 9.17) is 5.73 Å². The molecule has 1 unspecified atom stereocenters. The molecule has 0 aliphatic carbocycles. The zero-order valence-corrected chi connectivity index (χ0v) is 12.3. The predicted molar refractivity (Wildman–Crippen MR) is 79.6 cm³/mol. The number of aromatic nitrogens is 1. The standard InChI is InChI=1S/C16H27N3/c1-13(2)14-6-4-9-19(10-7-14)12-15-5-3-8-18-16(15)11-17/h3,5,8,13-14H,4,6-7,9-12,17H2,1-2H3. The summed E-state index contributed by atoms with van der Waals surface area (Å²) >= 11 is 0. The molecule has 0 bridgehead atoms. The number of pyridine rings is 1. The van der Waals surface area contributed by atoms with Gasteiger partial charge in [-0.2, -0.15) is 0 Å². The first-order valence-corrected chi connectivity index (χ1v) is 7.56. The summed E-state index contributed by atoms with van der Waals surface area (Å²) in [7, 11) is 0. The van der Waals surface area contributed by atoms with Gasteiger partial charge in [-0.3, -0.25) is 9.88 Å². The fraction of sp³-hybridized carbons (Fsp3) is 0.688. The van der Waals surface area contributed by atoms with Crippen molar-refractivity contribution in [3.05, 3.63) is 29.6 Å². The minimum atomic E-state index is 0.540. The van der Waals surface area contributed by atoms with Gasteiger partial charge in [-0.05, 0) is 55.8 Å². The van der Waals surface area contributed by atoms with Gasteiger partial charge in [0.1, 0.15) is 0 Å². The molecule has 0 saturated carbocycles. The first kappa shape index (κ1) is 14.5. The second kappa shape index (κ2) is 7.01. The van der Waals surface area contributed by atoms with Gasteiger partial charge in [-0.1, -0.05) is 19.9 Å². The lowest BCUT2D eigenvalue weighted by Crippen LogP contribution is -2.25. The van der Waals surface area contributed by atoms with E-state index in [0.29, 0.717) is 6.54 Å². The Morgan fingerprint density at radius 1 is 1.37 bits per heavy atom. The average Bonchev–Trinajstić information content (AvgIpc) is 2.65. The molecule has 1 fully saturated rings. The van der Waals surface area contributed by atoms with Gasteiger partial charge in [-0.25, -0.2) is 0 Å². The highest BCUT2D eigenvalue weighted by molar-refractivity contribution is 5.19. The Hall–Kier alpha value is -0.930. The Balaban J connectivity index is 1.96. The van der Waals surface area contributed by atoms with Crippen molar-refractivity contribution in [2.45, 2.75) is 46.2 Å². The van der Waals surface area contributed by atoms with Crippen LogP contribution in [0.3, 0.4) is 0 Å². The first-order valence-electron chi connectivity index (χ1n) is 7.56. The summed E-state index contributed by atoms with van der Waals surface area (Å²) in [5.74, 6) is 1.71. The van der Waals surface area contributed by atoms with Crippen molar-refractivity contribution >= 4 is 0 Å². The highest BCUT2D eigenvalue weighted by atomic mass is 15.1. The molecule has 1 saturated heterocycles. The summed E-state index contributed by atoms with van der Waals surface area (Å²) in [6.07, 6.45) is 5.87. The molecule has 0 spiro atoms. The summed E-state index contributed by atoms with van der Waals surface area (Å²) < 4.78 is 0. The molecule has 1 aliphatic rings. The van der Waals surface area contributed by atoms with Crippen molar-refractivity contribution in [1.29, 1.82) is 0 Å². The Morgan fingerprint density at radius 3 is 2.95 bits per heavy atom. The van der Waals surface area contributed by atoms with Gasteiger partial charge in [0.25, 0.3) is 0 Å². The molecule has 3 nitrogen and oxygen atoms in total. The van der Waals surface area contributed by atoms with Crippen molar-refractivity contribution in [3.63, 3.8) is 0 Å². The van der Waals surface area contributed by atoms with Crippen molar-refractivity contribution in [2.75, 3.05) is 13.1 Å². The number of hydrogen-bond donors (Lipinski definition) is 1. The molecule has 1 aliphatic heterocycles. The molecular weight excluding hydrogens is 234 g/mol. The largest absolute Gasteiger partial charge is 0.325 e. The van der Waals surface area contributed by atoms with Crippen LogP contribution in [0.5, 0.6) is 0 Å². The van der Waals surface area contributed by atoms with E-state index in [1.165, 1.54) is 37.9 Å². The van der Waals surface area contributed by atoms with Gasteiger partial charge in [0.15, 0.2) is 0 Å². The van der Waals surface area contributed by atoms with E-state index in [0.717, 1.165) is 24.1 Å². The van der Waals surface area contributed by atoms with E-state index in [1.807, 2.05) is 12.3 Å². The van der Waals surface area contributed by atoms with Crippen molar-refractivity contribution in [2.24, 2.45) is 17.6 Å². The SMILES string of the molecule is CC(C)C1CCCN(Cc2cccnc2CN)CC1. The highest BCUT2D eigenvalue weighted by Gasteiger charge is 2.19. The molecule has 2 heterocycles. The number of likely N-dealkylation sites (tertiary alicyclic amines) is 1. The molecule has 0 aromatic carbocycles. The maximum absolute atomic E-state index is 5.77. The Kier molecular flexibility index (Phi) is 5.34. The second-order valence-corrected chi connectivity index (χ2v) is 6.02. The average molecular weight is 261 g/mol. The molecule has 1 aromatic rings. The normalized spacial score (nSPS) is 21.6. The van der Waals surface area contributed by atoms with E-state index in [2.05, 4.69) is 29.8 Å². The van der Waals surface area contributed by atoms with Crippen LogP contribution >= 0.6 is 0 Å². The monoisotopic (exact) mass is 261 g/mol. The third kappa shape index (κ3) is 4.02. The molecule has 3 heteroatoms. The third-order valence-electron chi connectivity index (χ3n) is 4.38. The molecule has 1 atom stereocenters. The maximum Gasteiger partial charge on any atom is 0.0584 e. The topological polar surface area (TPSA) is 42.2 Å². The van der Waals surface area contributed by atoms with Gasteiger partial charge in [-0.15, -0.1) is 0 Å². The van der Waals surface area contributed by atoms with Gasteiger partial charge < -0.3 is 5.73 Å². The number of nitrogens with zero attached hydrogens (tertiary/aromatic N) is 2. The maximum atomic E-state index is 5.77. The van der Waals surface area contributed by atoms with Gasteiger partial charge in [0.05, 0.1) is 5.69 Å². The molecule has 106 valence electrons. The lowest BCUT2D eigenvalue weighted by atomic mass is 9.89. The number of nitrogens with two attached hydrogens (primary N) is 1. The summed E-state index contributed by atoms with van der Waals surface area (Å²) in [5, 5.41) is 0. The van der Waals surface area contributed by atoms with Crippen LogP contribution in [0, 0.1) is 11.8 Å². The van der Waals surface area contributed by atoms with Crippen LogP contribution < -0.4 is 5.73 Å². The zero-order valence-electron chi connectivity index (χ0n) is 12.3. The van der Waals surface area contributed by atoms with E-state index in [-0.39, 0.29) is 0 Å². The van der Waals surface area contributed by atoms with Crippen LogP contribution in [0.15, 0.2) is 18.3 Å².